The van der Waals surface area contributed by atoms with Crippen LogP contribution in [0.1, 0.15) is 30.5 Å². The number of aryl methyl sites for hydroxylation is 2. The van der Waals surface area contributed by atoms with Gasteiger partial charge >= 0.3 is 0 Å². The highest BCUT2D eigenvalue weighted by Gasteiger charge is 2.25. The first-order valence-corrected chi connectivity index (χ1v) is 9.58. The molecule has 1 amide bonds. The Bertz CT molecular complexity index is 1120. The summed E-state index contributed by atoms with van der Waals surface area (Å²) in [6, 6.07) is 12.5. The molecule has 0 saturated heterocycles. The lowest BCUT2D eigenvalue weighted by atomic mass is 9.91. The topological polar surface area (TPSA) is 41.5 Å². The number of fused-ring (bicyclic) bond motifs is 1. The Labute approximate surface area is 172 Å². The summed E-state index contributed by atoms with van der Waals surface area (Å²) in [6.45, 7) is 9.85. The Morgan fingerprint density at radius 3 is 2.79 bits per heavy atom. The molecule has 0 unspecified atom stereocenters. The van der Waals surface area contributed by atoms with Crippen molar-refractivity contribution in [3.05, 3.63) is 83.6 Å². The van der Waals surface area contributed by atoms with Gasteiger partial charge in [-0.2, -0.15) is 0 Å². The Morgan fingerprint density at radius 1 is 1.31 bits per heavy atom. The maximum absolute atomic E-state index is 12.6. The molecule has 2 aromatic rings. The van der Waals surface area contributed by atoms with Gasteiger partial charge in [-0.15, -0.1) is 6.42 Å². The Morgan fingerprint density at radius 2 is 2.10 bits per heavy atom. The molecule has 1 aliphatic heterocycles. The van der Waals surface area contributed by atoms with Crippen LogP contribution in [0.2, 0.25) is 0 Å². The van der Waals surface area contributed by atoms with E-state index in [1.807, 2.05) is 6.07 Å². The largest absolute Gasteiger partial charge is 0.321 e. The third-order valence-electron chi connectivity index (χ3n) is 4.99. The fourth-order valence-electron chi connectivity index (χ4n) is 3.45. The zero-order chi connectivity index (χ0) is 21.0. The Hall–Kier alpha value is -3.64. The van der Waals surface area contributed by atoms with E-state index in [9.17, 15) is 4.79 Å². The molecule has 0 fully saturated rings. The van der Waals surface area contributed by atoms with Crippen molar-refractivity contribution in [1.82, 2.24) is 0 Å². The number of anilines is 1. The average Bonchev–Trinajstić information content (AvgIpc) is 3.04. The summed E-state index contributed by atoms with van der Waals surface area (Å²) in [5.74, 6) is 2.34. The lowest BCUT2D eigenvalue weighted by Gasteiger charge is -2.13. The molecule has 0 saturated carbocycles. The molecule has 29 heavy (non-hydrogen) atoms. The van der Waals surface area contributed by atoms with Crippen LogP contribution >= 0.6 is 0 Å². The minimum atomic E-state index is -0.136. The van der Waals surface area contributed by atoms with Crippen molar-refractivity contribution in [3.63, 3.8) is 0 Å². The summed E-state index contributed by atoms with van der Waals surface area (Å²) in [4.78, 5) is 16.8. The van der Waals surface area contributed by atoms with Crippen LogP contribution in [0.15, 0.2) is 71.9 Å². The number of hydrogen-bond donors (Lipinski definition) is 1. The number of aliphatic imine (C=N–C) groups is 1. The van der Waals surface area contributed by atoms with Gasteiger partial charge in [-0.3, -0.25) is 9.79 Å². The van der Waals surface area contributed by atoms with E-state index in [1.54, 1.807) is 25.3 Å². The SMILES string of the molecule is C#CC(C)=N/C=C(C=C)/C=C1/C(=O)Nc2ccc(-c3c(C)cccc3CC)cc21. The van der Waals surface area contributed by atoms with Crippen molar-refractivity contribution in [2.24, 2.45) is 4.99 Å². The second-order valence-corrected chi connectivity index (χ2v) is 6.93. The molecule has 144 valence electrons. The Balaban J connectivity index is 2.12. The van der Waals surface area contributed by atoms with Gasteiger partial charge in [-0.25, -0.2) is 0 Å². The summed E-state index contributed by atoms with van der Waals surface area (Å²) in [5.41, 5.74) is 8.40. The summed E-state index contributed by atoms with van der Waals surface area (Å²) >= 11 is 0. The standard InChI is InChI=1S/C26H24N2O/c1-6-18(5)27-16-19(7-2)14-23-22-15-21(12-13-24(22)28-26(23)29)25-17(4)10-9-11-20(25)8-3/h1,7,9-16H,2,8H2,3-5H3,(H,28,29)/b19-16+,23-14+,27-18?. The van der Waals surface area contributed by atoms with Crippen LogP contribution in [0.4, 0.5) is 5.69 Å². The zero-order valence-corrected chi connectivity index (χ0v) is 17.0. The second kappa shape index (κ2) is 8.58. The Kier molecular flexibility index (Phi) is 5.95. The third kappa shape index (κ3) is 4.12. The van der Waals surface area contributed by atoms with Crippen molar-refractivity contribution in [2.75, 3.05) is 5.32 Å². The van der Waals surface area contributed by atoms with E-state index < -0.39 is 0 Å². The van der Waals surface area contributed by atoms with Gasteiger partial charge in [-0.05, 0) is 66.3 Å². The molecule has 1 N–H and O–H groups in total. The van der Waals surface area contributed by atoms with Crippen LogP contribution in [0.3, 0.4) is 0 Å². The number of hydrogen-bond acceptors (Lipinski definition) is 2. The summed E-state index contributed by atoms with van der Waals surface area (Å²) in [6.07, 6.45) is 11.4. The van der Waals surface area contributed by atoms with E-state index in [2.05, 4.69) is 67.0 Å². The van der Waals surface area contributed by atoms with Gasteiger partial charge in [0.25, 0.3) is 5.91 Å². The van der Waals surface area contributed by atoms with Crippen LogP contribution in [-0.2, 0) is 11.2 Å². The van der Waals surface area contributed by atoms with Crippen LogP contribution in [0, 0.1) is 19.3 Å². The molecule has 0 atom stereocenters. The van der Waals surface area contributed by atoms with E-state index in [0.717, 1.165) is 23.2 Å². The quantitative estimate of drug-likeness (QED) is 0.306. The van der Waals surface area contributed by atoms with Crippen molar-refractivity contribution >= 4 is 22.9 Å². The highest BCUT2D eigenvalue weighted by atomic mass is 16.2. The normalized spacial score (nSPS) is 15.1. The molecule has 0 radical (unpaired) electrons. The second-order valence-electron chi connectivity index (χ2n) is 6.93. The van der Waals surface area contributed by atoms with Crippen molar-refractivity contribution in [1.29, 1.82) is 0 Å². The first-order chi connectivity index (χ1) is 14.0. The van der Waals surface area contributed by atoms with Gasteiger partial charge in [0.05, 0.1) is 5.71 Å². The minimum Gasteiger partial charge on any atom is -0.321 e. The summed E-state index contributed by atoms with van der Waals surface area (Å²) < 4.78 is 0. The predicted molar refractivity (Wildman–Crippen MR) is 123 cm³/mol. The minimum absolute atomic E-state index is 0.136. The maximum atomic E-state index is 12.6. The lowest BCUT2D eigenvalue weighted by Crippen LogP contribution is -2.03. The lowest BCUT2D eigenvalue weighted by molar-refractivity contribution is -0.110. The van der Waals surface area contributed by atoms with Gasteiger partial charge in [0.15, 0.2) is 0 Å². The smallest absolute Gasteiger partial charge is 0.256 e. The van der Waals surface area contributed by atoms with Gasteiger partial charge in [-0.1, -0.05) is 49.8 Å². The molecule has 3 nitrogen and oxygen atoms in total. The summed E-state index contributed by atoms with van der Waals surface area (Å²) in [7, 11) is 0. The number of carbonyl (C=O) groups excluding carboxylic acids is 1. The molecule has 1 heterocycles. The van der Waals surface area contributed by atoms with Crippen molar-refractivity contribution in [3.8, 4) is 23.5 Å². The van der Waals surface area contributed by atoms with Crippen LogP contribution in [-0.4, -0.2) is 11.6 Å². The first kappa shape index (κ1) is 20.1. The van der Waals surface area contributed by atoms with Gasteiger partial charge < -0.3 is 5.32 Å². The van der Waals surface area contributed by atoms with Gasteiger partial charge in [0.1, 0.15) is 0 Å². The number of allylic oxidation sites excluding steroid dienone is 3. The monoisotopic (exact) mass is 380 g/mol. The first-order valence-electron chi connectivity index (χ1n) is 9.58. The number of rotatable bonds is 5. The third-order valence-corrected chi connectivity index (χ3v) is 4.99. The zero-order valence-electron chi connectivity index (χ0n) is 17.0. The highest BCUT2D eigenvalue weighted by Crippen LogP contribution is 2.37. The van der Waals surface area contributed by atoms with E-state index in [1.165, 1.54) is 16.7 Å². The number of nitrogens with one attached hydrogen (secondary N) is 1. The van der Waals surface area contributed by atoms with Gasteiger partial charge in [0, 0.05) is 23.0 Å². The molecule has 2 aromatic carbocycles. The number of nitrogens with zero attached hydrogens (tertiary/aromatic N) is 1. The molecule has 3 rings (SSSR count). The molecule has 0 aliphatic carbocycles. The van der Waals surface area contributed by atoms with Crippen molar-refractivity contribution in [2.45, 2.75) is 27.2 Å². The van der Waals surface area contributed by atoms with Gasteiger partial charge in [0.2, 0.25) is 0 Å². The fourth-order valence-corrected chi connectivity index (χ4v) is 3.45. The molecule has 0 spiro atoms. The van der Waals surface area contributed by atoms with Crippen LogP contribution in [0.25, 0.3) is 16.7 Å². The van der Waals surface area contributed by atoms with E-state index in [0.29, 0.717) is 16.9 Å². The average molecular weight is 380 g/mol. The van der Waals surface area contributed by atoms with Crippen molar-refractivity contribution < 1.29 is 4.79 Å². The number of terminal acetylenes is 1. The predicted octanol–water partition coefficient (Wildman–Crippen LogP) is 5.72. The fraction of sp³-hybridized carbons (Fsp3) is 0.154. The molecule has 1 aliphatic rings. The number of carbonyl (C=O) groups is 1. The molecule has 3 heteroatoms. The number of amides is 1. The summed E-state index contributed by atoms with van der Waals surface area (Å²) in [5, 5.41) is 2.94. The van der Waals surface area contributed by atoms with Crippen LogP contribution < -0.4 is 5.32 Å². The van der Waals surface area contributed by atoms with Crippen LogP contribution in [0.5, 0.6) is 0 Å². The molecule has 0 aromatic heterocycles. The van der Waals surface area contributed by atoms with E-state index in [-0.39, 0.29) is 5.91 Å². The maximum Gasteiger partial charge on any atom is 0.256 e. The number of benzene rings is 2. The molecule has 0 bridgehead atoms. The molecular formula is C26H24N2O. The molecular weight excluding hydrogens is 356 g/mol. The highest BCUT2D eigenvalue weighted by molar-refractivity contribution is 6.32. The van der Waals surface area contributed by atoms with E-state index in [4.69, 9.17) is 6.42 Å². The van der Waals surface area contributed by atoms with E-state index >= 15 is 0 Å².